The molecule has 1 N–H and O–H groups in total. The Morgan fingerprint density at radius 3 is 2.33 bits per heavy atom. The topological polar surface area (TPSA) is 90.2 Å². The lowest BCUT2D eigenvalue weighted by molar-refractivity contribution is 0.225. The third-order valence-corrected chi connectivity index (χ3v) is 3.85. The van der Waals surface area contributed by atoms with Gasteiger partial charge in [0.15, 0.2) is 0 Å². The Balaban J connectivity index is 2.05. The molecule has 0 bridgehead atoms. The summed E-state index contributed by atoms with van der Waals surface area (Å²) in [6.07, 6.45) is -0.324. The van der Waals surface area contributed by atoms with E-state index in [1.54, 1.807) is 36.4 Å². The number of furan rings is 1. The lowest BCUT2D eigenvalue weighted by atomic mass is 10.0. The molecule has 0 saturated heterocycles. The molecule has 0 spiro atoms. The van der Waals surface area contributed by atoms with Gasteiger partial charge in [-0.1, -0.05) is 0 Å². The third-order valence-electron chi connectivity index (χ3n) is 3.85. The normalized spacial score (nSPS) is 11.7. The molecule has 3 rings (SSSR count). The Hall–Kier alpha value is -3.44. The molecule has 118 valence electrons. The summed E-state index contributed by atoms with van der Waals surface area (Å²) in [6, 6.07) is 13.7. The van der Waals surface area contributed by atoms with Gasteiger partial charge in [0.05, 0.1) is 11.1 Å². The quantitative estimate of drug-likeness (QED) is 0.776. The Morgan fingerprint density at radius 2 is 1.71 bits per heavy atom. The zero-order valence-corrected chi connectivity index (χ0v) is 13.2. The summed E-state index contributed by atoms with van der Waals surface area (Å²) >= 11 is 0. The smallest absolute Gasteiger partial charge is 0.136 e. The van der Waals surface area contributed by atoms with Gasteiger partial charge in [0.1, 0.15) is 41.1 Å². The third kappa shape index (κ3) is 2.64. The second kappa shape index (κ2) is 5.98. The molecule has 1 aromatic heterocycles. The van der Waals surface area contributed by atoms with Gasteiger partial charge in [-0.3, -0.25) is 0 Å². The number of aryl methyl sites for hydroxylation is 1. The Morgan fingerprint density at radius 1 is 1.08 bits per heavy atom. The molecule has 1 heterocycles. The highest BCUT2D eigenvalue weighted by atomic mass is 16.5. The molecule has 0 aliphatic carbocycles. The van der Waals surface area contributed by atoms with E-state index in [9.17, 15) is 10.4 Å². The highest BCUT2D eigenvalue weighted by molar-refractivity contribution is 5.86. The minimum absolute atomic E-state index is 0.169. The average Bonchev–Trinajstić information content (AvgIpc) is 2.90. The molecule has 0 saturated carbocycles. The predicted molar refractivity (Wildman–Crippen MR) is 87.5 cm³/mol. The minimum atomic E-state index is -0.324. The molecule has 1 atom stereocenters. The van der Waals surface area contributed by atoms with E-state index >= 15 is 0 Å². The molecule has 5 heteroatoms. The van der Waals surface area contributed by atoms with Crippen molar-refractivity contribution >= 4 is 11.0 Å². The van der Waals surface area contributed by atoms with Gasteiger partial charge >= 0.3 is 0 Å². The largest absolute Gasteiger partial charge is 0.508 e. The van der Waals surface area contributed by atoms with Crippen molar-refractivity contribution in [3.8, 4) is 23.6 Å². The summed E-state index contributed by atoms with van der Waals surface area (Å²) in [5.41, 5.74) is 1.99. The van der Waals surface area contributed by atoms with Crippen molar-refractivity contribution in [2.24, 2.45) is 0 Å². The first-order valence-electron chi connectivity index (χ1n) is 7.36. The van der Waals surface area contributed by atoms with E-state index in [-0.39, 0.29) is 17.4 Å². The number of fused-ring (bicyclic) bond motifs is 1. The van der Waals surface area contributed by atoms with Gasteiger partial charge in [0.2, 0.25) is 0 Å². The number of hydrogen-bond donors (Lipinski definition) is 1. The van der Waals surface area contributed by atoms with Gasteiger partial charge in [-0.15, -0.1) is 0 Å². The lowest BCUT2D eigenvalue weighted by Crippen LogP contribution is -2.04. The Labute approximate surface area is 138 Å². The van der Waals surface area contributed by atoms with Crippen molar-refractivity contribution in [2.75, 3.05) is 0 Å². The molecule has 0 radical (unpaired) electrons. The van der Waals surface area contributed by atoms with Gasteiger partial charge in [-0.2, -0.15) is 10.5 Å². The van der Waals surface area contributed by atoms with Crippen LogP contribution in [0, 0.1) is 29.6 Å². The van der Waals surface area contributed by atoms with Crippen LogP contribution in [-0.2, 0) is 0 Å². The summed E-state index contributed by atoms with van der Waals surface area (Å²) in [7, 11) is 0. The number of nitriles is 2. The van der Waals surface area contributed by atoms with E-state index in [1.165, 1.54) is 0 Å². The standard InChI is InChI=1S/C19H14N2O3/c1-11(23-16-5-3-15(22)4-6-16)19-12(2)24-18-8-14(10-21)13(9-20)7-17(18)19/h3-8,11,22H,1-2H3. The van der Waals surface area contributed by atoms with E-state index < -0.39 is 0 Å². The first-order valence-corrected chi connectivity index (χ1v) is 7.36. The number of hydrogen-bond acceptors (Lipinski definition) is 5. The number of nitrogens with zero attached hydrogens (tertiary/aromatic N) is 2. The fraction of sp³-hybridized carbons (Fsp3) is 0.158. The van der Waals surface area contributed by atoms with Crippen molar-refractivity contribution in [1.29, 1.82) is 10.5 Å². The van der Waals surface area contributed by atoms with E-state index in [0.29, 0.717) is 22.7 Å². The van der Waals surface area contributed by atoms with E-state index in [1.807, 2.05) is 26.0 Å². The molecule has 5 nitrogen and oxygen atoms in total. The van der Waals surface area contributed by atoms with Crippen LogP contribution in [0.1, 0.15) is 35.5 Å². The summed E-state index contributed by atoms with van der Waals surface area (Å²) in [5, 5.41) is 28.4. The molecule has 0 fully saturated rings. The van der Waals surface area contributed by atoms with Crippen LogP contribution in [0.15, 0.2) is 40.8 Å². The van der Waals surface area contributed by atoms with Crippen molar-refractivity contribution < 1.29 is 14.3 Å². The van der Waals surface area contributed by atoms with Crippen molar-refractivity contribution in [1.82, 2.24) is 0 Å². The number of benzene rings is 2. The summed E-state index contributed by atoms with van der Waals surface area (Å²) in [5.74, 6) is 1.46. The molecule has 3 aromatic rings. The first-order chi connectivity index (χ1) is 11.5. The van der Waals surface area contributed by atoms with E-state index in [2.05, 4.69) is 0 Å². The number of aromatic hydroxyl groups is 1. The van der Waals surface area contributed by atoms with Gasteiger partial charge in [-0.25, -0.2) is 0 Å². The van der Waals surface area contributed by atoms with Crippen LogP contribution in [0.3, 0.4) is 0 Å². The van der Waals surface area contributed by atoms with E-state index in [4.69, 9.17) is 14.4 Å². The highest BCUT2D eigenvalue weighted by Crippen LogP contribution is 2.34. The summed E-state index contributed by atoms with van der Waals surface area (Å²) in [6.45, 7) is 3.71. The van der Waals surface area contributed by atoms with Crippen LogP contribution in [0.2, 0.25) is 0 Å². The van der Waals surface area contributed by atoms with Gasteiger partial charge in [0, 0.05) is 17.0 Å². The zero-order valence-electron chi connectivity index (χ0n) is 13.2. The summed E-state index contributed by atoms with van der Waals surface area (Å²) in [4.78, 5) is 0. The molecule has 0 aliphatic rings. The number of ether oxygens (including phenoxy) is 1. The van der Waals surface area contributed by atoms with Gasteiger partial charge in [0.25, 0.3) is 0 Å². The fourth-order valence-electron chi connectivity index (χ4n) is 2.76. The second-order valence-corrected chi connectivity index (χ2v) is 5.44. The van der Waals surface area contributed by atoms with Crippen LogP contribution >= 0.6 is 0 Å². The van der Waals surface area contributed by atoms with Crippen molar-refractivity contribution in [2.45, 2.75) is 20.0 Å². The predicted octanol–water partition coefficient (Wildman–Crippen LogP) is 4.33. The van der Waals surface area contributed by atoms with Crippen LogP contribution in [-0.4, -0.2) is 5.11 Å². The van der Waals surface area contributed by atoms with Crippen LogP contribution < -0.4 is 4.74 Å². The minimum Gasteiger partial charge on any atom is -0.508 e. The second-order valence-electron chi connectivity index (χ2n) is 5.44. The molecule has 0 amide bonds. The molecule has 1 unspecified atom stereocenters. The molecule has 24 heavy (non-hydrogen) atoms. The Bertz CT molecular complexity index is 989. The van der Waals surface area contributed by atoms with Crippen LogP contribution in [0.4, 0.5) is 0 Å². The summed E-state index contributed by atoms with van der Waals surface area (Å²) < 4.78 is 11.7. The molecule has 2 aromatic carbocycles. The molecular weight excluding hydrogens is 304 g/mol. The van der Waals surface area contributed by atoms with Crippen molar-refractivity contribution in [3.63, 3.8) is 0 Å². The molecule has 0 aliphatic heterocycles. The van der Waals surface area contributed by atoms with Gasteiger partial charge < -0.3 is 14.3 Å². The monoisotopic (exact) mass is 318 g/mol. The SMILES string of the molecule is Cc1oc2cc(C#N)c(C#N)cc2c1C(C)Oc1ccc(O)cc1. The lowest BCUT2D eigenvalue weighted by Gasteiger charge is -2.15. The van der Waals surface area contributed by atoms with E-state index in [0.717, 1.165) is 10.9 Å². The van der Waals surface area contributed by atoms with Crippen LogP contribution in [0.5, 0.6) is 11.5 Å². The Kier molecular flexibility index (Phi) is 3.85. The maximum absolute atomic E-state index is 9.34. The first kappa shape index (κ1) is 15.5. The average molecular weight is 318 g/mol. The van der Waals surface area contributed by atoms with Gasteiger partial charge in [-0.05, 0) is 44.2 Å². The highest BCUT2D eigenvalue weighted by Gasteiger charge is 2.20. The maximum Gasteiger partial charge on any atom is 0.136 e. The molecular formula is C19H14N2O3. The van der Waals surface area contributed by atoms with Crippen molar-refractivity contribution in [3.05, 3.63) is 58.8 Å². The number of rotatable bonds is 3. The number of phenols is 1. The fourth-order valence-corrected chi connectivity index (χ4v) is 2.76. The number of phenolic OH excluding ortho intramolecular Hbond substituents is 1. The maximum atomic E-state index is 9.34. The van der Waals surface area contributed by atoms with Crippen LogP contribution in [0.25, 0.3) is 11.0 Å². The zero-order chi connectivity index (χ0) is 17.3.